The first-order valence-electron chi connectivity index (χ1n) is 5.81. The highest BCUT2D eigenvalue weighted by atomic mass is 32.2. The lowest BCUT2D eigenvalue weighted by Gasteiger charge is -2.22. The van der Waals surface area contributed by atoms with Crippen LogP contribution in [0.3, 0.4) is 0 Å². The van der Waals surface area contributed by atoms with Crippen LogP contribution in [0.15, 0.2) is 15.7 Å². The van der Waals surface area contributed by atoms with Gasteiger partial charge in [0, 0.05) is 19.6 Å². The van der Waals surface area contributed by atoms with Crippen LogP contribution < -0.4 is 5.73 Å². The Labute approximate surface area is 106 Å². The SMILES string of the molecule is CN(C1CCCC1)S(=O)(=O)c1cc(CN)cs1. The molecule has 1 aliphatic rings. The van der Waals surface area contributed by atoms with E-state index >= 15 is 0 Å². The summed E-state index contributed by atoms with van der Waals surface area (Å²) in [6.07, 6.45) is 4.21. The maximum absolute atomic E-state index is 12.3. The van der Waals surface area contributed by atoms with Gasteiger partial charge in [-0.3, -0.25) is 0 Å². The number of hydrogen-bond donors (Lipinski definition) is 1. The molecule has 6 heteroatoms. The zero-order chi connectivity index (χ0) is 12.5. The normalized spacial score (nSPS) is 18.1. The molecule has 0 spiro atoms. The third-order valence-electron chi connectivity index (χ3n) is 3.34. The van der Waals surface area contributed by atoms with E-state index in [9.17, 15) is 8.42 Å². The van der Waals surface area contributed by atoms with Crippen molar-refractivity contribution in [2.75, 3.05) is 7.05 Å². The second-order valence-corrected chi connectivity index (χ2v) is 7.57. The lowest BCUT2D eigenvalue weighted by molar-refractivity contribution is 0.374. The van der Waals surface area contributed by atoms with E-state index < -0.39 is 10.0 Å². The molecule has 0 radical (unpaired) electrons. The second-order valence-electron chi connectivity index (χ2n) is 4.44. The van der Waals surface area contributed by atoms with Crippen LogP contribution in [0.1, 0.15) is 31.2 Å². The highest BCUT2D eigenvalue weighted by Crippen LogP contribution is 2.29. The molecule has 1 saturated carbocycles. The molecule has 4 nitrogen and oxygen atoms in total. The topological polar surface area (TPSA) is 63.4 Å². The molecule has 17 heavy (non-hydrogen) atoms. The predicted octanol–water partition coefficient (Wildman–Crippen LogP) is 1.77. The van der Waals surface area contributed by atoms with Gasteiger partial charge in [0.05, 0.1) is 0 Å². The second kappa shape index (κ2) is 5.06. The van der Waals surface area contributed by atoms with Crippen molar-refractivity contribution in [3.05, 3.63) is 17.0 Å². The van der Waals surface area contributed by atoms with Crippen LogP contribution in [0, 0.1) is 0 Å². The van der Waals surface area contributed by atoms with Gasteiger partial charge in [-0.15, -0.1) is 11.3 Å². The molecule has 1 aliphatic carbocycles. The van der Waals surface area contributed by atoms with Gasteiger partial charge in [-0.2, -0.15) is 4.31 Å². The first-order valence-corrected chi connectivity index (χ1v) is 8.13. The van der Waals surface area contributed by atoms with Gasteiger partial charge >= 0.3 is 0 Å². The van der Waals surface area contributed by atoms with Crippen molar-refractivity contribution >= 4 is 21.4 Å². The number of sulfonamides is 1. The van der Waals surface area contributed by atoms with Gasteiger partial charge in [0.15, 0.2) is 0 Å². The van der Waals surface area contributed by atoms with Gasteiger partial charge in [0.2, 0.25) is 0 Å². The van der Waals surface area contributed by atoms with E-state index in [4.69, 9.17) is 5.73 Å². The number of nitrogens with two attached hydrogens (primary N) is 1. The third kappa shape index (κ3) is 2.54. The number of nitrogens with zero attached hydrogens (tertiary/aromatic N) is 1. The van der Waals surface area contributed by atoms with Crippen molar-refractivity contribution in [3.8, 4) is 0 Å². The van der Waals surface area contributed by atoms with Crippen molar-refractivity contribution in [1.29, 1.82) is 0 Å². The number of thiophene rings is 1. The molecule has 2 N–H and O–H groups in total. The molecule has 0 aliphatic heterocycles. The number of hydrogen-bond acceptors (Lipinski definition) is 4. The maximum atomic E-state index is 12.3. The molecule has 0 unspecified atom stereocenters. The van der Waals surface area contributed by atoms with Crippen LogP contribution in [0.25, 0.3) is 0 Å². The van der Waals surface area contributed by atoms with Crippen LogP contribution in [-0.2, 0) is 16.6 Å². The summed E-state index contributed by atoms with van der Waals surface area (Å²) in [7, 11) is -1.63. The average Bonchev–Trinajstić information content (AvgIpc) is 2.98. The van der Waals surface area contributed by atoms with Gasteiger partial charge in [-0.05, 0) is 29.9 Å². The number of rotatable bonds is 4. The summed E-state index contributed by atoms with van der Waals surface area (Å²) < 4.78 is 26.6. The molecule has 0 bridgehead atoms. The smallest absolute Gasteiger partial charge is 0.252 e. The van der Waals surface area contributed by atoms with Crippen LogP contribution in [-0.4, -0.2) is 25.8 Å². The first kappa shape index (κ1) is 13.0. The molecule has 2 rings (SSSR count). The van der Waals surface area contributed by atoms with Gasteiger partial charge in [-0.1, -0.05) is 12.8 Å². The molecule has 1 aromatic rings. The van der Waals surface area contributed by atoms with Crippen molar-refractivity contribution in [1.82, 2.24) is 4.31 Å². The molecular weight excluding hydrogens is 256 g/mol. The summed E-state index contributed by atoms with van der Waals surface area (Å²) in [6.45, 7) is 0.388. The molecule has 0 saturated heterocycles. The van der Waals surface area contributed by atoms with E-state index in [1.54, 1.807) is 13.1 Å². The zero-order valence-electron chi connectivity index (χ0n) is 9.93. The molecule has 0 aromatic carbocycles. The summed E-state index contributed by atoms with van der Waals surface area (Å²) in [5, 5.41) is 1.81. The fraction of sp³-hybridized carbons (Fsp3) is 0.636. The van der Waals surface area contributed by atoms with Gasteiger partial charge in [0.1, 0.15) is 4.21 Å². The Morgan fingerprint density at radius 1 is 1.47 bits per heavy atom. The minimum Gasteiger partial charge on any atom is -0.326 e. The van der Waals surface area contributed by atoms with Crippen molar-refractivity contribution < 1.29 is 8.42 Å². The zero-order valence-corrected chi connectivity index (χ0v) is 11.6. The molecule has 0 amide bonds. The van der Waals surface area contributed by atoms with E-state index in [0.717, 1.165) is 31.2 Å². The van der Waals surface area contributed by atoms with Crippen molar-refractivity contribution in [2.45, 2.75) is 42.5 Å². The van der Waals surface area contributed by atoms with E-state index in [-0.39, 0.29) is 6.04 Å². The van der Waals surface area contributed by atoms with Gasteiger partial charge in [0.25, 0.3) is 10.0 Å². The molecular formula is C11H18N2O2S2. The first-order chi connectivity index (χ1) is 8.05. The summed E-state index contributed by atoms with van der Waals surface area (Å²) in [6, 6.07) is 1.86. The fourth-order valence-electron chi connectivity index (χ4n) is 2.20. The molecule has 1 fully saturated rings. The van der Waals surface area contributed by atoms with Crippen LogP contribution in [0.4, 0.5) is 0 Å². The Balaban J connectivity index is 2.22. The van der Waals surface area contributed by atoms with Crippen molar-refractivity contribution in [2.24, 2.45) is 5.73 Å². The standard InChI is InChI=1S/C11H18N2O2S2/c1-13(10-4-2-3-5-10)17(14,15)11-6-9(7-12)8-16-11/h6,8,10H,2-5,7,12H2,1H3. The molecule has 0 atom stereocenters. The van der Waals surface area contributed by atoms with E-state index in [0.29, 0.717) is 10.8 Å². The molecule has 96 valence electrons. The minimum absolute atomic E-state index is 0.170. The lowest BCUT2D eigenvalue weighted by atomic mass is 10.3. The lowest BCUT2D eigenvalue weighted by Crippen LogP contribution is -2.34. The highest BCUT2D eigenvalue weighted by molar-refractivity contribution is 7.91. The predicted molar refractivity (Wildman–Crippen MR) is 69.4 cm³/mol. The summed E-state index contributed by atoms with van der Waals surface area (Å²) >= 11 is 1.26. The molecule has 1 aromatic heterocycles. The largest absolute Gasteiger partial charge is 0.326 e. The molecule has 1 heterocycles. The Hall–Kier alpha value is -0.430. The van der Waals surface area contributed by atoms with E-state index in [1.165, 1.54) is 15.6 Å². The van der Waals surface area contributed by atoms with Crippen molar-refractivity contribution in [3.63, 3.8) is 0 Å². The summed E-state index contributed by atoms with van der Waals surface area (Å²) in [5.74, 6) is 0. The fourth-order valence-corrected chi connectivity index (χ4v) is 5.02. The third-order valence-corrected chi connectivity index (χ3v) is 6.71. The van der Waals surface area contributed by atoms with Crippen LogP contribution in [0.2, 0.25) is 0 Å². The van der Waals surface area contributed by atoms with Crippen LogP contribution in [0.5, 0.6) is 0 Å². The Morgan fingerprint density at radius 3 is 2.65 bits per heavy atom. The van der Waals surface area contributed by atoms with Crippen LogP contribution >= 0.6 is 11.3 Å². The Bertz CT molecular complexity index is 475. The Morgan fingerprint density at radius 2 is 2.12 bits per heavy atom. The average molecular weight is 274 g/mol. The van der Waals surface area contributed by atoms with E-state index in [1.807, 2.05) is 5.38 Å². The highest BCUT2D eigenvalue weighted by Gasteiger charge is 2.30. The van der Waals surface area contributed by atoms with E-state index in [2.05, 4.69) is 0 Å². The van der Waals surface area contributed by atoms with Gasteiger partial charge in [-0.25, -0.2) is 8.42 Å². The quantitative estimate of drug-likeness (QED) is 0.910. The monoisotopic (exact) mass is 274 g/mol. The summed E-state index contributed by atoms with van der Waals surface area (Å²) in [4.78, 5) is 0. The maximum Gasteiger partial charge on any atom is 0.252 e. The minimum atomic E-state index is -3.32. The summed E-state index contributed by atoms with van der Waals surface area (Å²) in [5.41, 5.74) is 6.39. The van der Waals surface area contributed by atoms with Gasteiger partial charge < -0.3 is 5.73 Å². The Kier molecular flexibility index (Phi) is 3.87.